The van der Waals surface area contributed by atoms with Crippen molar-refractivity contribution < 1.29 is 0 Å². The smallest absolute Gasteiger partial charge is 0.0636 e. The van der Waals surface area contributed by atoms with Gasteiger partial charge in [-0.05, 0) is 30.0 Å². The Balaban J connectivity index is 2.79. The maximum Gasteiger partial charge on any atom is 0.0636 e. The fourth-order valence-electron chi connectivity index (χ4n) is 1.29. The molecule has 0 saturated heterocycles. The lowest BCUT2D eigenvalue weighted by molar-refractivity contribution is 0.863. The van der Waals surface area contributed by atoms with Gasteiger partial charge in [0.25, 0.3) is 0 Å². The van der Waals surface area contributed by atoms with E-state index in [-0.39, 0.29) is 0 Å². The molecule has 0 fully saturated rings. The molecule has 1 aromatic rings. The fourth-order valence-corrected chi connectivity index (χ4v) is 1.29. The van der Waals surface area contributed by atoms with Crippen LogP contribution in [-0.4, -0.2) is 6.54 Å². The Kier molecular flexibility index (Phi) is 3.58. The van der Waals surface area contributed by atoms with Gasteiger partial charge in [0, 0.05) is 6.54 Å². The SMILES string of the molecule is Cc1ccc(CCN=N)cc1CN. The van der Waals surface area contributed by atoms with Crippen molar-refractivity contribution in [2.75, 3.05) is 6.54 Å². The van der Waals surface area contributed by atoms with Gasteiger partial charge in [-0.1, -0.05) is 18.2 Å². The van der Waals surface area contributed by atoms with Gasteiger partial charge in [0.15, 0.2) is 0 Å². The van der Waals surface area contributed by atoms with Crippen molar-refractivity contribution in [3.63, 3.8) is 0 Å². The van der Waals surface area contributed by atoms with E-state index >= 15 is 0 Å². The van der Waals surface area contributed by atoms with E-state index < -0.39 is 0 Å². The molecule has 0 aliphatic rings. The Morgan fingerprint density at radius 3 is 2.85 bits per heavy atom. The highest BCUT2D eigenvalue weighted by Crippen LogP contribution is 2.11. The Labute approximate surface area is 78.5 Å². The van der Waals surface area contributed by atoms with Gasteiger partial charge < -0.3 is 5.73 Å². The molecule has 0 unspecified atom stereocenters. The first kappa shape index (κ1) is 9.86. The van der Waals surface area contributed by atoms with Gasteiger partial charge in [0.1, 0.15) is 0 Å². The Bertz CT molecular complexity index is 294. The monoisotopic (exact) mass is 177 g/mol. The van der Waals surface area contributed by atoms with Crippen LogP contribution < -0.4 is 5.73 Å². The molecule has 13 heavy (non-hydrogen) atoms. The fraction of sp³-hybridized carbons (Fsp3) is 0.400. The standard InChI is InChI=1S/C10H15N3/c1-8-2-3-9(4-5-13-12)6-10(8)7-11/h2-3,6,12H,4-5,7,11H2,1H3. The molecular formula is C10H15N3. The van der Waals surface area contributed by atoms with Gasteiger partial charge in [-0.15, -0.1) is 0 Å². The zero-order chi connectivity index (χ0) is 9.68. The summed E-state index contributed by atoms with van der Waals surface area (Å²) < 4.78 is 0. The lowest BCUT2D eigenvalue weighted by atomic mass is 10.0. The highest BCUT2D eigenvalue weighted by molar-refractivity contribution is 5.31. The number of aryl methyl sites for hydroxylation is 1. The summed E-state index contributed by atoms with van der Waals surface area (Å²) in [6.07, 6.45) is 0.830. The number of hydrogen-bond acceptors (Lipinski definition) is 3. The van der Waals surface area contributed by atoms with Crippen molar-refractivity contribution in [2.24, 2.45) is 10.8 Å². The lowest BCUT2D eigenvalue weighted by Gasteiger charge is -2.05. The second-order valence-electron chi connectivity index (χ2n) is 3.10. The molecule has 0 bridgehead atoms. The first-order valence-corrected chi connectivity index (χ1v) is 4.39. The summed E-state index contributed by atoms with van der Waals surface area (Å²) in [6, 6.07) is 6.24. The molecule has 0 aromatic heterocycles. The van der Waals surface area contributed by atoms with Gasteiger partial charge in [-0.2, -0.15) is 5.11 Å². The summed E-state index contributed by atoms with van der Waals surface area (Å²) in [6.45, 7) is 3.20. The zero-order valence-electron chi connectivity index (χ0n) is 7.88. The van der Waals surface area contributed by atoms with Crippen molar-refractivity contribution in [1.82, 2.24) is 0 Å². The van der Waals surface area contributed by atoms with Crippen molar-refractivity contribution in [2.45, 2.75) is 19.9 Å². The van der Waals surface area contributed by atoms with Gasteiger partial charge in [0.05, 0.1) is 6.54 Å². The van der Waals surface area contributed by atoms with E-state index in [1.54, 1.807) is 0 Å². The van der Waals surface area contributed by atoms with Crippen LogP contribution in [0.4, 0.5) is 0 Å². The maximum absolute atomic E-state index is 6.69. The molecule has 0 aliphatic heterocycles. The first-order valence-electron chi connectivity index (χ1n) is 4.39. The van der Waals surface area contributed by atoms with E-state index in [2.05, 4.69) is 30.2 Å². The van der Waals surface area contributed by atoms with Crippen LogP contribution in [0.5, 0.6) is 0 Å². The summed E-state index contributed by atoms with van der Waals surface area (Å²) in [5.74, 6) is 0. The minimum atomic E-state index is 0.563. The number of hydrogen-bond donors (Lipinski definition) is 2. The van der Waals surface area contributed by atoms with Crippen molar-refractivity contribution in [3.05, 3.63) is 34.9 Å². The molecular weight excluding hydrogens is 162 g/mol. The average molecular weight is 177 g/mol. The molecule has 0 atom stereocenters. The molecule has 0 spiro atoms. The minimum absolute atomic E-state index is 0.563. The first-order chi connectivity index (χ1) is 6.27. The summed E-state index contributed by atoms with van der Waals surface area (Å²) >= 11 is 0. The topological polar surface area (TPSA) is 62.2 Å². The van der Waals surface area contributed by atoms with Crippen LogP contribution in [0, 0.1) is 12.5 Å². The van der Waals surface area contributed by atoms with Gasteiger partial charge >= 0.3 is 0 Å². The summed E-state index contributed by atoms with van der Waals surface area (Å²) in [7, 11) is 0. The summed E-state index contributed by atoms with van der Waals surface area (Å²) in [5.41, 5.74) is 15.9. The third kappa shape index (κ3) is 2.63. The maximum atomic E-state index is 6.69. The Morgan fingerprint density at radius 1 is 1.46 bits per heavy atom. The van der Waals surface area contributed by atoms with Crippen molar-refractivity contribution >= 4 is 0 Å². The molecule has 70 valence electrons. The number of nitrogens with one attached hydrogen (secondary N) is 1. The van der Waals surface area contributed by atoms with Crippen LogP contribution >= 0.6 is 0 Å². The number of nitrogens with zero attached hydrogens (tertiary/aromatic N) is 1. The van der Waals surface area contributed by atoms with Crippen LogP contribution in [0.2, 0.25) is 0 Å². The third-order valence-corrected chi connectivity index (χ3v) is 2.15. The lowest BCUT2D eigenvalue weighted by Crippen LogP contribution is -2.00. The van der Waals surface area contributed by atoms with E-state index in [1.165, 1.54) is 16.7 Å². The molecule has 0 saturated carbocycles. The van der Waals surface area contributed by atoms with E-state index in [0.717, 1.165) is 6.42 Å². The Morgan fingerprint density at radius 2 is 2.23 bits per heavy atom. The molecule has 0 radical (unpaired) electrons. The van der Waals surface area contributed by atoms with E-state index in [4.69, 9.17) is 11.3 Å². The normalized spacial score (nSPS) is 10.0. The molecule has 1 aromatic carbocycles. The van der Waals surface area contributed by atoms with Crippen LogP contribution in [-0.2, 0) is 13.0 Å². The average Bonchev–Trinajstić information content (AvgIpc) is 2.16. The summed E-state index contributed by atoms with van der Waals surface area (Å²) in [5, 5.41) is 3.33. The molecule has 0 amide bonds. The molecule has 3 nitrogen and oxygen atoms in total. The predicted molar refractivity (Wildman–Crippen MR) is 52.8 cm³/mol. The second-order valence-corrected chi connectivity index (χ2v) is 3.10. The van der Waals surface area contributed by atoms with Crippen molar-refractivity contribution in [1.29, 1.82) is 5.53 Å². The highest BCUT2D eigenvalue weighted by Gasteiger charge is 1.98. The zero-order valence-corrected chi connectivity index (χ0v) is 7.88. The molecule has 3 heteroatoms. The largest absolute Gasteiger partial charge is 0.326 e. The Hall–Kier alpha value is -1.22. The number of nitrogens with two attached hydrogens (primary N) is 1. The van der Waals surface area contributed by atoms with E-state index in [0.29, 0.717) is 13.1 Å². The van der Waals surface area contributed by atoms with Crippen molar-refractivity contribution in [3.8, 4) is 0 Å². The highest BCUT2D eigenvalue weighted by atomic mass is 14.9. The van der Waals surface area contributed by atoms with E-state index in [1.807, 2.05) is 0 Å². The van der Waals surface area contributed by atoms with Gasteiger partial charge in [-0.25, -0.2) is 5.53 Å². The molecule has 0 aliphatic carbocycles. The second kappa shape index (κ2) is 4.72. The third-order valence-electron chi connectivity index (χ3n) is 2.15. The van der Waals surface area contributed by atoms with Gasteiger partial charge in [-0.3, -0.25) is 0 Å². The quantitative estimate of drug-likeness (QED) is 0.679. The summed E-state index contributed by atoms with van der Waals surface area (Å²) in [4.78, 5) is 0. The van der Waals surface area contributed by atoms with Gasteiger partial charge in [0.2, 0.25) is 0 Å². The number of rotatable bonds is 4. The molecule has 0 heterocycles. The molecule has 3 N–H and O–H groups in total. The molecule has 1 rings (SSSR count). The van der Waals surface area contributed by atoms with Crippen LogP contribution in [0.3, 0.4) is 0 Å². The predicted octanol–water partition coefficient (Wildman–Crippen LogP) is 2.03. The minimum Gasteiger partial charge on any atom is -0.326 e. The van der Waals surface area contributed by atoms with Crippen LogP contribution in [0.15, 0.2) is 23.3 Å². The number of benzene rings is 1. The van der Waals surface area contributed by atoms with Crippen LogP contribution in [0.25, 0.3) is 0 Å². The van der Waals surface area contributed by atoms with E-state index in [9.17, 15) is 0 Å². The van der Waals surface area contributed by atoms with Crippen LogP contribution in [0.1, 0.15) is 16.7 Å².